The van der Waals surface area contributed by atoms with Gasteiger partial charge in [0.25, 0.3) is 11.5 Å². The van der Waals surface area contributed by atoms with Crippen molar-refractivity contribution in [3.05, 3.63) is 46.5 Å². The van der Waals surface area contributed by atoms with E-state index in [1.54, 1.807) is 43.1 Å². The van der Waals surface area contributed by atoms with Crippen molar-refractivity contribution in [2.45, 2.75) is 63.2 Å². The lowest BCUT2D eigenvalue weighted by Gasteiger charge is -2.19. The van der Waals surface area contributed by atoms with Gasteiger partial charge >= 0.3 is 0 Å². The van der Waals surface area contributed by atoms with E-state index in [1.807, 2.05) is 0 Å². The number of nitrogens with two attached hydrogens (primary N) is 1. The van der Waals surface area contributed by atoms with E-state index in [2.05, 4.69) is 20.7 Å². The normalized spacial score (nSPS) is 20.0. The number of fused-ring (bicyclic) bond motifs is 1. The summed E-state index contributed by atoms with van der Waals surface area (Å²) in [6, 6.07) is 4.84. The van der Waals surface area contributed by atoms with Crippen LogP contribution < -0.4 is 21.9 Å². The molecule has 5 rings (SSSR count). The van der Waals surface area contributed by atoms with Gasteiger partial charge in [-0.3, -0.25) is 9.59 Å². The summed E-state index contributed by atoms with van der Waals surface area (Å²) in [6.07, 6.45) is 10.8. The Kier molecular flexibility index (Phi) is 7.67. The molecule has 3 heterocycles. The number of carbonyl (C=O) groups excluding carboxylic acids is 1. The summed E-state index contributed by atoms with van der Waals surface area (Å²) in [5.41, 5.74) is 5.93. The highest BCUT2D eigenvalue weighted by Crippen LogP contribution is 2.29. The molecule has 0 aromatic carbocycles. The van der Waals surface area contributed by atoms with E-state index in [4.69, 9.17) is 10.5 Å². The summed E-state index contributed by atoms with van der Waals surface area (Å²) in [7, 11) is 3.51. The molecule has 2 aliphatic carbocycles. The average Bonchev–Trinajstić information content (AvgIpc) is 3.61. The molecule has 2 aliphatic rings. The number of anilines is 3. The number of nitrogens with one attached hydrogen (secondary N) is 2. The average molecular weight is 484 g/mol. The predicted molar refractivity (Wildman–Crippen MR) is 133 cm³/mol. The smallest absolute Gasteiger partial charge is 0.274 e. The largest absolute Gasteiger partial charge is 0.391 e. The molecule has 2 unspecified atom stereocenters. The molecule has 3 aromatic heterocycles. The summed E-state index contributed by atoms with van der Waals surface area (Å²) < 4.78 is 8.13. The van der Waals surface area contributed by atoms with Crippen LogP contribution in [-0.4, -0.2) is 56.5 Å². The molecule has 1 amide bonds. The molecule has 11 nitrogen and oxygen atoms in total. The summed E-state index contributed by atoms with van der Waals surface area (Å²) >= 11 is 0. The molecule has 11 heteroatoms. The van der Waals surface area contributed by atoms with Crippen LogP contribution in [0.2, 0.25) is 0 Å². The van der Waals surface area contributed by atoms with Gasteiger partial charge in [-0.05, 0) is 44.2 Å². The molecule has 35 heavy (non-hydrogen) atoms. The molecular weight excluding hydrogens is 450 g/mol. The first kappa shape index (κ1) is 24.7. The number of pyridine rings is 1. The van der Waals surface area contributed by atoms with Gasteiger partial charge in [0.1, 0.15) is 22.9 Å². The zero-order chi connectivity index (χ0) is 24.9. The Hall–Kier alpha value is -3.44. The molecule has 0 aliphatic heterocycles. The molecule has 2 fully saturated rings. The van der Waals surface area contributed by atoms with E-state index in [0.717, 1.165) is 12.8 Å². The van der Waals surface area contributed by atoms with E-state index in [0.29, 0.717) is 29.8 Å². The van der Waals surface area contributed by atoms with Crippen LogP contribution in [0, 0.1) is 0 Å². The standard InChI is InChI=1S/C18H21N7O3.C6H12O/c1-20-15-8-14(23-17-10(16(19)27)9-21-25(15)17)22-11-4-3-7-24(18(11)28)12-5-2-6-13(12)26;1-7-6-4-2-3-5-6/h3-4,7-9,12-13,20,26H,2,5-6H2,1H3,(H2,19,27)(H,22,23);6H,2-5H2,1H3. The maximum absolute atomic E-state index is 12.9. The van der Waals surface area contributed by atoms with Gasteiger partial charge in [0.05, 0.1) is 24.4 Å². The minimum Gasteiger partial charge on any atom is -0.391 e. The number of aliphatic hydroxyl groups is 1. The number of primary amides is 1. The second-order valence-corrected chi connectivity index (χ2v) is 8.90. The molecule has 0 spiro atoms. The Morgan fingerprint density at radius 3 is 2.60 bits per heavy atom. The Morgan fingerprint density at radius 1 is 1.23 bits per heavy atom. The molecular formula is C24H33N7O4. The third-order valence-electron chi connectivity index (χ3n) is 6.67. The van der Waals surface area contributed by atoms with Gasteiger partial charge in [-0.1, -0.05) is 12.8 Å². The summed E-state index contributed by atoms with van der Waals surface area (Å²) in [5, 5.41) is 20.3. The van der Waals surface area contributed by atoms with Crippen molar-refractivity contribution < 1.29 is 14.6 Å². The second kappa shape index (κ2) is 10.9. The lowest BCUT2D eigenvalue weighted by Crippen LogP contribution is -2.30. The van der Waals surface area contributed by atoms with Gasteiger partial charge in [0, 0.05) is 26.4 Å². The number of nitrogens with zero attached hydrogens (tertiary/aromatic N) is 4. The summed E-state index contributed by atoms with van der Waals surface area (Å²) in [6.45, 7) is 0. The van der Waals surface area contributed by atoms with Gasteiger partial charge in [-0.15, -0.1) is 0 Å². The van der Waals surface area contributed by atoms with Crippen LogP contribution in [-0.2, 0) is 4.74 Å². The minimum absolute atomic E-state index is 0.180. The highest BCUT2D eigenvalue weighted by molar-refractivity contribution is 5.98. The molecule has 0 bridgehead atoms. The lowest BCUT2D eigenvalue weighted by atomic mass is 10.2. The number of carbonyl (C=O) groups is 1. The zero-order valence-electron chi connectivity index (χ0n) is 20.1. The fourth-order valence-corrected chi connectivity index (χ4v) is 4.75. The Balaban J connectivity index is 0.000000356. The Morgan fingerprint density at radius 2 is 2.00 bits per heavy atom. The quantitative estimate of drug-likeness (QED) is 0.418. The van der Waals surface area contributed by atoms with E-state index in [1.165, 1.54) is 36.4 Å². The highest BCUT2D eigenvalue weighted by Gasteiger charge is 2.27. The van der Waals surface area contributed by atoms with Crippen molar-refractivity contribution in [2.75, 3.05) is 24.8 Å². The second-order valence-electron chi connectivity index (χ2n) is 8.90. The monoisotopic (exact) mass is 483 g/mol. The Labute approximate surface area is 203 Å². The number of aromatic nitrogens is 4. The molecule has 2 atom stereocenters. The number of hydrogen-bond donors (Lipinski definition) is 4. The van der Waals surface area contributed by atoms with Crippen molar-refractivity contribution in [1.29, 1.82) is 0 Å². The molecule has 5 N–H and O–H groups in total. The number of methoxy groups -OCH3 is 1. The first-order valence-corrected chi connectivity index (χ1v) is 12.0. The van der Waals surface area contributed by atoms with Crippen molar-refractivity contribution in [3.8, 4) is 0 Å². The SMILES string of the molecule is CNc1cc(Nc2cccn(C3CCCC3O)c2=O)nc2c(C(N)=O)cnn12.COC1CCCC1. The minimum atomic E-state index is -0.640. The fourth-order valence-electron chi connectivity index (χ4n) is 4.75. The van der Waals surface area contributed by atoms with Crippen molar-refractivity contribution in [3.63, 3.8) is 0 Å². The number of amides is 1. The van der Waals surface area contributed by atoms with Crippen molar-refractivity contribution in [2.24, 2.45) is 5.73 Å². The Bertz CT molecular complexity index is 1230. The lowest BCUT2D eigenvalue weighted by molar-refractivity contribution is 0.100. The van der Waals surface area contributed by atoms with Crippen LogP contribution in [0.15, 0.2) is 35.4 Å². The van der Waals surface area contributed by atoms with Crippen LogP contribution >= 0.6 is 0 Å². The molecule has 0 saturated heterocycles. The number of aliphatic hydroxyl groups excluding tert-OH is 1. The van der Waals surface area contributed by atoms with Gasteiger partial charge in [0.15, 0.2) is 5.65 Å². The number of rotatable bonds is 6. The number of ether oxygens (including phenoxy) is 1. The highest BCUT2D eigenvalue weighted by atomic mass is 16.5. The third kappa shape index (κ3) is 5.30. The van der Waals surface area contributed by atoms with Crippen molar-refractivity contribution >= 4 is 28.9 Å². The maximum Gasteiger partial charge on any atom is 0.274 e. The molecule has 0 radical (unpaired) electrons. The van der Waals surface area contributed by atoms with E-state index in [9.17, 15) is 14.7 Å². The summed E-state index contributed by atoms with van der Waals surface area (Å²) in [5.74, 6) is 0.295. The van der Waals surface area contributed by atoms with Crippen LogP contribution in [0.1, 0.15) is 61.3 Å². The topological polar surface area (TPSA) is 149 Å². The van der Waals surface area contributed by atoms with Gasteiger partial charge in [-0.25, -0.2) is 4.98 Å². The molecule has 3 aromatic rings. The van der Waals surface area contributed by atoms with Crippen LogP contribution in [0.3, 0.4) is 0 Å². The van der Waals surface area contributed by atoms with Gasteiger partial charge < -0.3 is 30.8 Å². The summed E-state index contributed by atoms with van der Waals surface area (Å²) in [4.78, 5) is 28.9. The van der Waals surface area contributed by atoms with Crippen LogP contribution in [0.4, 0.5) is 17.3 Å². The number of hydrogen-bond acceptors (Lipinski definition) is 8. The predicted octanol–water partition coefficient (Wildman–Crippen LogP) is 2.44. The maximum atomic E-state index is 12.9. The van der Waals surface area contributed by atoms with Gasteiger partial charge in [-0.2, -0.15) is 9.61 Å². The zero-order valence-corrected chi connectivity index (χ0v) is 20.1. The third-order valence-corrected chi connectivity index (χ3v) is 6.67. The fraction of sp³-hybridized carbons (Fsp3) is 0.500. The molecule has 2 saturated carbocycles. The van der Waals surface area contributed by atoms with E-state index >= 15 is 0 Å². The van der Waals surface area contributed by atoms with Gasteiger partial charge in [0.2, 0.25) is 0 Å². The molecule has 188 valence electrons. The van der Waals surface area contributed by atoms with E-state index in [-0.39, 0.29) is 22.8 Å². The van der Waals surface area contributed by atoms with E-state index < -0.39 is 12.0 Å². The van der Waals surface area contributed by atoms with Crippen LogP contribution in [0.5, 0.6) is 0 Å². The van der Waals surface area contributed by atoms with Crippen molar-refractivity contribution in [1.82, 2.24) is 19.2 Å². The van der Waals surface area contributed by atoms with Crippen LogP contribution in [0.25, 0.3) is 5.65 Å². The first-order chi connectivity index (χ1) is 16.9. The first-order valence-electron chi connectivity index (χ1n) is 12.0.